The van der Waals surface area contributed by atoms with E-state index in [1.54, 1.807) is 0 Å². The zero-order valence-corrected chi connectivity index (χ0v) is 26.5. The number of carbonyl (C=O) groups is 2. The van der Waals surface area contributed by atoms with Gasteiger partial charge in [-0.3, -0.25) is 4.79 Å². The van der Waals surface area contributed by atoms with Gasteiger partial charge in [-0.15, -0.1) is 0 Å². The number of hydrogen-bond donors (Lipinski definition) is 2. The molecule has 0 aromatic heterocycles. The zero-order chi connectivity index (χ0) is 30.0. The second-order valence-corrected chi connectivity index (χ2v) is 11.6. The molecule has 0 aliphatic carbocycles. The quantitative estimate of drug-likeness (QED) is 0.0700. The number of aliphatic hydroxyl groups excluding tert-OH is 1. The Kier molecular flexibility index (Phi) is 24.1. The second kappa shape index (κ2) is 26.2. The first-order chi connectivity index (χ1) is 19.9. The summed E-state index contributed by atoms with van der Waals surface area (Å²) < 4.78 is 22.7. The summed E-state index contributed by atoms with van der Waals surface area (Å²) in [6.07, 6.45) is 15.7. The second-order valence-electron chi connectivity index (χ2n) is 11.6. The molecule has 9 nitrogen and oxygen atoms in total. The molecule has 9 heteroatoms. The Morgan fingerprint density at radius 3 is 1.95 bits per heavy atom. The van der Waals surface area contributed by atoms with Crippen LogP contribution in [0, 0.1) is 5.92 Å². The lowest BCUT2D eigenvalue weighted by molar-refractivity contribution is -0.160. The Balaban J connectivity index is 2.20. The molecular weight excluding hydrogens is 524 g/mol. The van der Waals surface area contributed by atoms with E-state index in [2.05, 4.69) is 24.1 Å². The van der Waals surface area contributed by atoms with Crippen molar-refractivity contribution in [2.75, 3.05) is 52.6 Å². The van der Waals surface area contributed by atoms with Gasteiger partial charge in [0.05, 0.1) is 25.7 Å². The lowest BCUT2D eigenvalue weighted by Crippen LogP contribution is -2.41. The topological polar surface area (TPSA) is 107 Å². The summed E-state index contributed by atoms with van der Waals surface area (Å²) in [5.41, 5.74) is 0. The third kappa shape index (κ3) is 22.8. The number of piperidine rings is 1. The van der Waals surface area contributed by atoms with Gasteiger partial charge in [-0.05, 0) is 25.7 Å². The van der Waals surface area contributed by atoms with Gasteiger partial charge in [0.25, 0.3) is 0 Å². The Bertz CT molecular complexity index is 611. The summed E-state index contributed by atoms with van der Waals surface area (Å²) >= 11 is 0. The van der Waals surface area contributed by atoms with Crippen LogP contribution >= 0.6 is 0 Å². The van der Waals surface area contributed by atoms with Crippen molar-refractivity contribution >= 4 is 12.1 Å². The summed E-state index contributed by atoms with van der Waals surface area (Å²) in [5, 5.41) is 12.3. The van der Waals surface area contributed by atoms with Crippen molar-refractivity contribution in [3.63, 3.8) is 0 Å². The zero-order valence-electron chi connectivity index (χ0n) is 26.5. The number of hydrogen-bond acceptors (Lipinski definition) is 8. The summed E-state index contributed by atoms with van der Waals surface area (Å²) in [6, 6.07) is 0. The molecule has 41 heavy (non-hydrogen) atoms. The molecule has 1 aliphatic heterocycles. The van der Waals surface area contributed by atoms with Crippen LogP contribution in [0.15, 0.2) is 0 Å². The van der Waals surface area contributed by atoms with Crippen molar-refractivity contribution in [2.24, 2.45) is 5.92 Å². The summed E-state index contributed by atoms with van der Waals surface area (Å²) in [7, 11) is 0. The Labute approximate surface area is 250 Å². The van der Waals surface area contributed by atoms with Gasteiger partial charge in [0, 0.05) is 51.7 Å². The maximum Gasteiger partial charge on any atom is 0.407 e. The maximum atomic E-state index is 12.4. The van der Waals surface area contributed by atoms with Crippen LogP contribution in [0.2, 0.25) is 0 Å². The first-order valence-corrected chi connectivity index (χ1v) is 16.6. The number of nitrogens with one attached hydrogen (secondary N) is 1. The Hall–Kier alpha value is -1.42. The first-order valence-electron chi connectivity index (χ1n) is 16.6. The van der Waals surface area contributed by atoms with Gasteiger partial charge >= 0.3 is 12.1 Å². The smallest absolute Gasteiger partial charge is 0.407 e. The molecule has 1 rings (SSSR count). The van der Waals surface area contributed by atoms with E-state index in [1.165, 1.54) is 51.4 Å². The van der Waals surface area contributed by atoms with Crippen LogP contribution < -0.4 is 5.32 Å². The standard InChI is InChI=1S/C32H62N2O7/c1-4-6-8-10-12-14-24-38-31(39-25-15-13-11-9-7-5-2)17-16-30(36)40-26-28(3)27-41-32(37)33-20-23-34-21-18-29(35)19-22-34/h28-29,31,35H,4-27H2,1-3H3,(H,33,37). The van der Waals surface area contributed by atoms with E-state index in [-0.39, 0.29) is 43.9 Å². The lowest BCUT2D eigenvalue weighted by atomic mass is 10.1. The van der Waals surface area contributed by atoms with Crippen LogP contribution in [0.1, 0.15) is 124 Å². The molecule has 1 aliphatic rings. The van der Waals surface area contributed by atoms with Crippen LogP contribution in [-0.2, 0) is 23.7 Å². The largest absolute Gasteiger partial charge is 0.465 e. The van der Waals surface area contributed by atoms with Crippen LogP contribution in [0.4, 0.5) is 4.79 Å². The number of alkyl carbamates (subject to hydrolysis) is 1. The highest BCUT2D eigenvalue weighted by atomic mass is 16.7. The average molecular weight is 587 g/mol. The molecule has 242 valence electrons. The van der Waals surface area contributed by atoms with Crippen molar-refractivity contribution in [3.05, 3.63) is 0 Å². The minimum absolute atomic E-state index is 0.100. The van der Waals surface area contributed by atoms with Crippen molar-refractivity contribution in [1.29, 1.82) is 0 Å². The van der Waals surface area contributed by atoms with E-state index in [0.29, 0.717) is 26.2 Å². The molecule has 0 aromatic rings. The van der Waals surface area contributed by atoms with Crippen LogP contribution in [0.25, 0.3) is 0 Å². The van der Waals surface area contributed by atoms with Gasteiger partial charge in [0.2, 0.25) is 0 Å². The van der Waals surface area contributed by atoms with Crippen molar-refractivity contribution in [2.45, 2.75) is 136 Å². The highest BCUT2D eigenvalue weighted by Crippen LogP contribution is 2.12. The van der Waals surface area contributed by atoms with Crippen molar-refractivity contribution < 1.29 is 33.6 Å². The van der Waals surface area contributed by atoms with E-state index >= 15 is 0 Å². The molecule has 0 radical (unpaired) electrons. The molecule has 1 amide bonds. The summed E-state index contributed by atoms with van der Waals surface area (Å²) in [5.74, 6) is -0.388. The number of likely N-dealkylation sites (tertiary alicyclic amines) is 1. The number of nitrogens with zero attached hydrogens (tertiary/aromatic N) is 1. The minimum Gasteiger partial charge on any atom is -0.465 e. The van der Waals surface area contributed by atoms with Gasteiger partial charge in [-0.1, -0.05) is 85.0 Å². The van der Waals surface area contributed by atoms with Crippen molar-refractivity contribution in [3.8, 4) is 0 Å². The lowest BCUT2D eigenvalue weighted by Gasteiger charge is -2.29. The van der Waals surface area contributed by atoms with Gasteiger partial charge in [0.1, 0.15) is 0 Å². The SMILES string of the molecule is CCCCCCCCOC(CCC(=O)OCC(C)COC(=O)NCCN1CCC(O)CC1)OCCCCCCCC. The highest BCUT2D eigenvalue weighted by molar-refractivity contribution is 5.69. The first kappa shape index (κ1) is 37.6. The van der Waals surface area contributed by atoms with Crippen LogP contribution in [0.5, 0.6) is 0 Å². The fourth-order valence-electron chi connectivity index (χ4n) is 4.73. The normalized spacial score (nSPS) is 15.2. The number of amides is 1. The van der Waals surface area contributed by atoms with Gasteiger partial charge in [-0.2, -0.15) is 0 Å². The molecule has 1 unspecified atom stereocenters. The van der Waals surface area contributed by atoms with E-state index < -0.39 is 6.09 Å². The number of aliphatic hydroxyl groups is 1. The maximum absolute atomic E-state index is 12.4. The molecule has 1 fully saturated rings. The molecule has 0 aromatic carbocycles. The molecule has 1 heterocycles. The van der Waals surface area contributed by atoms with E-state index in [4.69, 9.17) is 18.9 Å². The number of carbonyl (C=O) groups excluding carboxylic acids is 2. The fraction of sp³-hybridized carbons (Fsp3) is 0.938. The van der Waals surface area contributed by atoms with Gasteiger partial charge in [0.15, 0.2) is 6.29 Å². The van der Waals surface area contributed by atoms with E-state index in [0.717, 1.165) is 58.2 Å². The van der Waals surface area contributed by atoms with Crippen molar-refractivity contribution in [1.82, 2.24) is 10.2 Å². The minimum atomic E-state index is -0.465. The summed E-state index contributed by atoms with van der Waals surface area (Å²) in [6.45, 7) is 10.9. The molecule has 0 spiro atoms. The number of esters is 1. The Morgan fingerprint density at radius 1 is 0.829 bits per heavy atom. The van der Waals surface area contributed by atoms with Crippen LogP contribution in [0.3, 0.4) is 0 Å². The molecule has 1 saturated heterocycles. The molecule has 0 saturated carbocycles. The third-order valence-corrected chi connectivity index (χ3v) is 7.47. The fourth-order valence-corrected chi connectivity index (χ4v) is 4.73. The average Bonchev–Trinajstić information content (AvgIpc) is 2.97. The van der Waals surface area contributed by atoms with E-state index in [1.807, 2.05) is 6.92 Å². The summed E-state index contributed by atoms with van der Waals surface area (Å²) in [4.78, 5) is 26.6. The predicted molar refractivity (Wildman–Crippen MR) is 163 cm³/mol. The van der Waals surface area contributed by atoms with Gasteiger partial charge in [-0.25, -0.2) is 4.79 Å². The number of rotatable bonds is 26. The molecule has 1 atom stereocenters. The molecule has 0 bridgehead atoms. The molecular formula is C32H62N2O7. The van der Waals surface area contributed by atoms with Gasteiger partial charge < -0.3 is 34.3 Å². The number of unbranched alkanes of at least 4 members (excludes halogenated alkanes) is 10. The Morgan fingerprint density at radius 2 is 1.37 bits per heavy atom. The number of ether oxygens (including phenoxy) is 4. The van der Waals surface area contributed by atoms with Crippen LogP contribution in [-0.4, -0.2) is 87.1 Å². The highest BCUT2D eigenvalue weighted by Gasteiger charge is 2.17. The molecule has 2 N–H and O–H groups in total. The van der Waals surface area contributed by atoms with E-state index in [9.17, 15) is 14.7 Å². The predicted octanol–water partition coefficient (Wildman–Crippen LogP) is 6.21. The third-order valence-electron chi connectivity index (χ3n) is 7.47. The monoisotopic (exact) mass is 586 g/mol.